The fraction of sp³-hybridized carbons (Fsp3) is 0.444. The summed E-state index contributed by atoms with van der Waals surface area (Å²) in [6.07, 6.45) is 0.752. The lowest BCUT2D eigenvalue weighted by Crippen LogP contribution is -2.57. The smallest absolute Gasteiger partial charge is 0.245 e. The van der Waals surface area contributed by atoms with Crippen LogP contribution in [0.1, 0.15) is 18.9 Å². The van der Waals surface area contributed by atoms with E-state index in [9.17, 15) is 19.5 Å². The molecule has 6 atom stereocenters. The lowest BCUT2D eigenvalue weighted by atomic mass is 9.66. The largest absolute Gasteiger partial charge is 0.395 e. The van der Waals surface area contributed by atoms with E-state index in [2.05, 4.69) is 27.9 Å². The van der Waals surface area contributed by atoms with E-state index in [0.717, 1.165) is 23.0 Å². The van der Waals surface area contributed by atoms with Crippen LogP contribution in [-0.4, -0.2) is 71.9 Å². The molecule has 3 aliphatic rings. The number of nitrogens with one attached hydrogen (secondary N) is 2. The maximum Gasteiger partial charge on any atom is 0.245 e. The standard InChI is InChI=1S/C27H30N6O4S/c1-16-13-20-21(24(35)28-14-17-7-3-2-4-8-17)22-26(37)32(11-12-34)23(27(16,22)38-20)25(36)29-15-33-19-10-6-5-9-18(19)30-31-33/h2-10,16,20-23,34H,11-15H2,1H3,(H,28,35)(H,29,36)/t16?,20-,21+,22+,23?,27?/m1/s1. The lowest BCUT2D eigenvalue weighted by molar-refractivity contribution is -0.140. The highest BCUT2D eigenvalue weighted by Gasteiger charge is 2.75. The zero-order valence-corrected chi connectivity index (χ0v) is 21.8. The Balaban J connectivity index is 1.26. The van der Waals surface area contributed by atoms with Crippen molar-refractivity contribution >= 4 is 40.5 Å². The van der Waals surface area contributed by atoms with Crippen LogP contribution >= 0.6 is 11.8 Å². The third kappa shape index (κ3) is 3.79. The molecule has 3 unspecified atom stereocenters. The summed E-state index contributed by atoms with van der Waals surface area (Å²) in [5.74, 6) is -1.78. The van der Waals surface area contributed by atoms with E-state index in [1.54, 1.807) is 16.4 Å². The molecule has 6 rings (SSSR count). The number of rotatable bonds is 8. The Labute approximate surface area is 224 Å². The summed E-state index contributed by atoms with van der Waals surface area (Å²) in [5, 5.41) is 24.0. The molecule has 3 saturated heterocycles. The second-order valence-electron chi connectivity index (χ2n) is 10.3. The van der Waals surface area contributed by atoms with Gasteiger partial charge in [0.15, 0.2) is 0 Å². The Morgan fingerprint density at radius 3 is 2.66 bits per heavy atom. The summed E-state index contributed by atoms with van der Waals surface area (Å²) < 4.78 is 0.873. The van der Waals surface area contributed by atoms with E-state index in [1.165, 1.54) is 4.90 Å². The number of hydrogen-bond acceptors (Lipinski definition) is 7. The number of carbonyl (C=O) groups excluding carboxylic acids is 3. The second kappa shape index (κ2) is 9.70. The maximum absolute atomic E-state index is 13.8. The van der Waals surface area contributed by atoms with E-state index in [1.807, 2.05) is 54.6 Å². The van der Waals surface area contributed by atoms with Crippen molar-refractivity contribution in [2.45, 2.75) is 42.6 Å². The van der Waals surface area contributed by atoms with Crippen LogP contribution in [0.3, 0.4) is 0 Å². The zero-order valence-electron chi connectivity index (χ0n) is 21.0. The van der Waals surface area contributed by atoms with Crippen molar-refractivity contribution in [3.63, 3.8) is 0 Å². The molecule has 3 N–H and O–H groups in total. The van der Waals surface area contributed by atoms with Crippen molar-refractivity contribution < 1.29 is 19.5 Å². The first-order valence-corrected chi connectivity index (χ1v) is 13.8. The Bertz CT molecular complexity index is 1380. The molecule has 3 aliphatic heterocycles. The lowest BCUT2D eigenvalue weighted by Gasteiger charge is -2.38. The van der Waals surface area contributed by atoms with Gasteiger partial charge in [-0.1, -0.05) is 54.6 Å². The molecular weight excluding hydrogens is 504 g/mol. The van der Waals surface area contributed by atoms with E-state index in [0.29, 0.717) is 6.54 Å². The first-order valence-electron chi connectivity index (χ1n) is 12.9. The van der Waals surface area contributed by atoms with Crippen molar-refractivity contribution in [3.8, 4) is 0 Å². The van der Waals surface area contributed by atoms with E-state index >= 15 is 0 Å². The first-order chi connectivity index (χ1) is 18.5. The molecule has 1 spiro atoms. The molecular formula is C27H30N6O4S. The fourth-order valence-corrected chi connectivity index (χ4v) is 9.08. The minimum atomic E-state index is -0.793. The normalized spacial score (nSPS) is 29.6. The molecule has 2 bridgehead atoms. The van der Waals surface area contributed by atoms with Crippen molar-refractivity contribution in [1.82, 2.24) is 30.5 Å². The number of aliphatic hydroxyl groups excluding tert-OH is 1. The van der Waals surface area contributed by atoms with Crippen LogP contribution in [0, 0.1) is 17.8 Å². The van der Waals surface area contributed by atoms with Crippen LogP contribution in [0.5, 0.6) is 0 Å². The number of benzene rings is 2. The highest BCUT2D eigenvalue weighted by Crippen LogP contribution is 2.68. The summed E-state index contributed by atoms with van der Waals surface area (Å²) in [7, 11) is 0. The molecule has 0 aliphatic carbocycles. The summed E-state index contributed by atoms with van der Waals surface area (Å²) >= 11 is 1.61. The van der Waals surface area contributed by atoms with Gasteiger partial charge < -0.3 is 20.6 Å². The average molecular weight is 535 g/mol. The summed E-state index contributed by atoms with van der Waals surface area (Å²) in [6.45, 7) is 2.32. The predicted molar refractivity (Wildman–Crippen MR) is 141 cm³/mol. The molecule has 3 fully saturated rings. The van der Waals surface area contributed by atoms with Gasteiger partial charge in [-0.25, -0.2) is 4.68 Å². The van der Waals surface area contributed by atoms with Gasteiger partial charge >= 0.3 is 0 Å². The van der Waals surface area contributed by atoms with Gasteiger partial charge in [0.05, 0.1) is 28.7 Å². The number of aromatic nitrogens is 3. The van der Waals surface area contributed by atoms with Crippen LogP contribution in [0.25, 0.3) is 11.0 Å². The predicted octanol–water partition coefficient (Wildman–Crippen LogP) is 1.15. The molecule has 3 aromatic rings. The molecule has 11 heteroatoms. The van der Waals surface area contributed by atoms with Crippen LogP contribution < -0.4 is 10.6 Å². The molecule has 0 saturated carbocycles. The minimum absolute atomic E-state index is 0.0394. The number of para-hydroxylation sites is 1. The van der Waals surface area contributed by atoms with Gasteiger partial charge in [-0.2, -0.15) is 0 Å². The van der Waals surface area contributed by atoms with Gasteiger partial charge in [-0.3, -0.25) is 14.4 Å². The molecule has 0 radical (unpaired) electrons. The number of nitrogens with zero attached hydrogens (tertiary/aromatic N) is 4. The Morgan fingerprint density at radius 1 is 1.11 bits per heavy atom. The van der Waals surface area contributed by atoms with Crippen molar-refractivity contribution in [1.29, 1.82) is 0 Å². The average Bonchev–Trinajstić information content (AvgIpc) is 3.64. The number of amides is 3. The maximum atomic E-state index is 13.8. The number of β-amino-alcohol motifs (C(OH)–C–C–N with tert-alkyl or cyclic N) is 1. The summed E-state index contributed by atoms with van der Waals surface area (Å²) in [5.41, 5.74) is 2.50. The summed E-state index contributed by atoms with van der Waals surface area (Å²) in [6, 6.07) is 16.3. The van der Waals surface area contributed by atoms with Gasteiger partial charge in [-0.05, 0) is 30.0 Å². The number of likely N-dealkylation sites (tertiary alicyclic amines) is 1. The van der Waals surface area contributed by atoms with Gasteiger partial charge in [0, 0.05) is 18.3 Å². The molecule has 3 amide bonds. The number of fused-ring (bicyclic) bond motifs is 2. The SMILES string of the molecule is CC1C[C@H]2SC13C(C(=O)NCn1nnc4ccccc41)N(CCO)C(=O)[C@@H]3[C@H]2C(=O)NCc1ccccc1. The molecule has 198 valence electrons. The molecule has 10 nitrogen and oxygen atoms in total. The highest BCUT2D eigenvalue weighted by atomic mass is 32.2. The second-order valence-corrected chi connectivity index (χ2v) is 11.8. The molecule has 38 heavy (non-hydrogen) atoms. The van der Waals surface area contributed by atoms with Gasteiger partial charge in [-0.15, -0.1) is 16.9 Å². The van der Waals surface area contributed by atoms with Gasteiger partial charge in [0.1, 0.15) is 18.2 Å². The van der Waals surface area contributed by atoms with Gasteiger partial charge in [0.2, 0.25) is 17.7 Å². The molecule has 1 aromatic heterocycles. The number of thioether (sulfide) groups is 1. The molecule has 4 heterocycles. The first kappa shape index (κ1) is 24.9. The zero-order chi connectivity index (χ0) is 26.4. The van der Waals surface area contributed by atoms with Crippen molar-refractivity contribution in [2.24, 2.45) is 17.8 Å². The van der Waals surface area contributed by atoms with Crippen LogP contribution in [0.15, 0.2) is 54.6 Å². The van der Waals surface area contributed by atoms with E-state index in [4.69, 9.17) is 0 Å². The highest BCUT2D eigenvalue weighted by molar-refractivity contribution is 8.02. The Hall–Kier alpha value is -3.44. The monoisotopic (exact) mass is 534 g/mol. The Kier molecular flexibility index (Phi) is 6.35. The number of carbonyl (C=O) groups is 3. The quantitative estimate of drug-likeness (QED) is 0.395. The fourth-order valence-electron chi connectivity index (χ4n) is 6.65. The number of hydrogen-bond donors (Lipinski definition) is 3. The van der Waals surface area contributed by atoms with Crippen LogP contribution in [0.2, 0.25) is 0 Å². The van der Waals surface area contributed by atoms with Gasteiger partial charge in [0.25, 0.3) is 0 Å². The van der Waals surface area contributed by atoms with Crippen LogP contribution in [-0.2, 0) is 27.6 Å². The van der Waals surface area contributed by atoms with Crippen LogP contribution in [0.4, 0.5) is 0 Å². The summed E-state index contributed by atoms with van der Waals surface area (Å²) in [4.78, 5) is 42.6. The van der Waals surface area contributed by atoms with E-state index < -0.39 is 22.6 Å². The minimum Gasteiger partial charge on any atom is -0.395 e. The molecule has 2 aromatic carbocycles. The van der Waals surface area contributed by atoms with E-state index in [-0.39, 0.29) is 48.7 Å². The number of aliphatic hydroxyl groups is 1. The topological polar surface area (TPSA) is 129 Å². The van der Waals surface area contributed by atoms with Crippen molar-refractivity contribution in [3.05, 3.63) is 60.2 Å². The van der Waals surface area contributed by atoms with Crippen molar-refractivity contribution in [2.75, 3.05) is 13.2 Å². The third-order valence-corrected chi connectivity index (χ3v) is 10.3. The third-order valence-electron chi connectivity index (χ3n) is 8.27. The Morgan fingerprint density at radius 2 is 1.87 bits per heavy atom.